The first kappa shape index (κ1) is 19.3. The molecule has 0 radical (unpaired) electrons. The number of anilines is 1. The molecule has 1 N–H and O–H groups in total. The van der Waals surface area contributed by atoms with Gasteiger partial charge < -0.3 is 14.6 Å². The number of rotatable bonds is 6. The number of carbonyl (C=O) groups excluding carboxylic acids is 1. The molecule has 2 heterocycles. The Morgan fingerprint density at radius 2 is 1.80 bits per heavy atom. The highest BCUT2D eigenvalue weighted by Crippen LogP contribution is 2.28. The van der Waals surface area contributed by atoms with Crippen molar-refractivity contribution in [1.29, 1.82) is 0 Å². The van der Waals surface area contributed by atoms with Gasteiger partial charge in [0.25, 0.3) is 11.8 Å². The van der Waals surface area contributed by atoms with E-state index in [1.165, 1.54) is 0 Å². The van der Waals surface area contributed by atoms with Crippen molar-refractivity contribution < 1.29 is 14.1 Å². The van der Waals surface area contributed by atoms with E-state index < -0.39 is 0 Å². The fourth-order valence-electron chi connectivity index (χ4n) is 3.06. The van der Waals surface area contributed by atoms with Crippen LogP contribution in [0.5, 0.6) is 5.75 Å². The third kappa shape index (κ3) is 4.52. The maximum Gasteiger partial charge on any atom is 0.262 e. The first-order valence-corrected chi connectivity index (χ1v) is 9.44. The fraction of sp³-hybridized carbons (Fsp3) is 0.130. The SMILES string of the molecule is Cc1cc(C)cc(OCC(=O)Nc2ccccc2-c2nc(-c3ccccn3)no2)c1. The van der Waals surface area contributed by atoms with Crippen LogP contribution in [0.3, 0.4) is 0 Å². The molecule has 0 aliphatic rings. The molecule has 7 heteroatoms. The van der Waals surface area contributed by atoms with Crippen LogP contribution in [-0.4, -0.2) is 27.6 Å². The Morgan fingerprint density at radius 1 is 1.03 bits per heavy atom. The molecular weight excluding hydrogens is 380 g/mol. The number of aryl methyl sites for hydroxylation is 2. The molecule has 0 atom stereocenters. The topological polar surface area (TPSA) is 90.1 Å². The number of para-hydroxylation sites is 1. The summed E-state index contributed by atoms with van der Waals surface area (Å²) in [6.45, 7) is 3.86. The lowest BCUT2D eigenvalue weighted by molar-refractivity contribution is -0.118. The van der Waals surface area contributed by atoms with Crippen molar-refractivity contribution in [3.63, 3.8) is 0 Å². The van der Waals surface area contributed by atoms with E-state index in [4.69, 9.17) is 9.26 Å². The number of aromatic nitrogens is 3. The molecule has 0 bridgehead atoms. The second-order valence-electron chi connectivity index (χ2n) is 6.84. The van der Waals surface area contributed by atoms with Crippen molar-refractivity contribution in [2.75, 3.05) is 11.9 Å². The lowest BCUT2D eigenvalue weighted by atomic mass is 10.1. The normalized spacial score (nSPS) is 10.6. The van der Waals surface area contributed by atoms with E-state index in [-0.39, 0.29) is 12.5 Å². The highest BCUT2D eigenvalue weighted by atomic mass is 16.5. The van der Waals surface area contributed by atoms with Gasteiger partial charge in [-0.2, -0.15) is 4.98 Å². The summed E-state index contributed by atoms with van der Waals surface area (Å²) in [5.74, 6) is 1.05. The van der Waals surface area contributed by atoms with Gasteiger partial charge in [0, 0.05) is 6.20 Å². The van der Waals surface area contributed by atoms with Gasteiger partial charge in [-0.25, -0.2) is 0 Å². The van der Waals surface area contributed by atoms with Crippen LogP contribution < -0.4 is 10.1 Å². The smallest absolute Gasteiger partial charge is 0.262 e. The zero-order valence-electron chi connectivity index (χ0n) is 16.6. The van der Waals surface area contributed by atoms with E-state index in [0.29, 0.717) is 34.4 Å². The fourth-order valence-corrected chi connectivity index (χ4v) is 3.06. The predicted octanol–water partition coefficient (Wildman–Crippen LogP) is 4.43. The predicted molar refractivity (Wildman–Crippen MR) is 113 cm³/mol. The van der Waals surface area contributed by atoms with E-state index in [0.717, 1.165) is 11.1 Å². The van der Waals surface area contributed by atoms with Gasteiger partial charge >= 0.3 is 0 Å². The van der Waals surface area contributed by atoms with Crippen molar-refractivity contribution in [2.45, 2.75) is 13.8 Å². The Morgan fingerprint density at radius 3 is 2.57 bits per heavy atom. The number of pyridine rings is 1. The van der Waals surface area contributed by atoms with Gasteiger partial charge in [0.05, 0.1) is 11.3 Å². The molecular formula is C23H20N4O3. The van der Waals surface area contributed by atoms with Gasteiger partial charge in [0.2, 0.25) is 5.82 Å². The van der Waals surface area contributed by atoms with E-state index in [2.05, 4.69) is 20.4 Å². The van der Waals surface area contributed by atoms with E-state index >= 15 is 0 Å². The zero-order chi connectivity index (χ0) is 20.9. The van der Waals surface area contributed by atoms with Crippen LogP contribution in [0.15, 0.2) is 71.4 Å². The van der Waals surface area contributed by atoms with Gasteiger partial charge in [-0.3, -0.25) is 9.78 Å². The molecule has 0 aliphatic heterocycles. The summed E-state index contributed by atoms with van der Waals surface area (Å²) < 4.78 is 11.0. The van der Waals surface area contributed by atoms with Crippen LogP contribution in [0, 0.1) is 13.8 Å². The van der Waals surface area contributed by atoms with Crippen LogP contribution in [0.2, 0.25) is 0 Å². The average molecular weight is 400 g/mol. The van der Waals surface area contributed by atoms with E-state index in [9.17, 15) is 4.79 Å². The summed E-state index contributed by atoms with van der Waals surface area (Å²) in [6.07, 6.45) is 1.66. The number of ether oxygens (including phenoxy) is 1. The van der Waals surface area contributed by atoms with Crippen molar-refractivity contribution in [2.24, 2.45) is 0 Å². The summed E-state index contributed by atoms with van der Waals surface area (Å²) in [6, 6.07) is 18.5. The minimum Gasteiger partial charge on any atom is -0.484 e. The van der Waals surface area contributed by atoms with Crippen molar-refractivity contribution in [3.05, 3.63) is 78.0 Å². The summed E-state index contributed by atoms with van der Waals surface area (Å²) in [5.41, 5.74) is 3.94. The monoisotopic (exact) mass is 400 g/mol. The third-order valence-corrected chi connectivity index (χ3v) is 4.32. The van der Waals surface area contributed by atoms with Crippen LogP contribution in [-0.2, 0) is 4.79 Å². The lowest BCUT2D eigenvalue weighted by Gasteiger charge is -2.10. The van der Waals surface area contributed by atoms with E-state index in [1.54, 1.807) is 24.4 Å². The summed E-state index contributed by atoms with van der Waals surface area (Å²) in [7, 11) is 0. The van der Waals surface area contributed by atoms with Crippen molar-refractivity contribution in [1.82, 2.24) is 15.1 Å². The average Bonchev–Trinajstić information content (AvgIpc) is 3.23. The Kier molecular flexibility index (Phi) is 5.52. The highest BCUT2D eigenvalue weighted by molar-refractivity contribution is 5.95. The molecule has 0 aliphatic carbocycles. The molecule has 2 aromatic heterocycles. The molecule has 0 saturated carbocycles. The third-order valence-electron chi connectivity index (χ3n) is 4.32. The molecule has 0 saturated heterocycles. The zero-order valence-corrected chi connectivity index (χ0v) is 16.6. The molecule has 30 heavy (non-hydrogen) atoms. The number of benzene rings is 2. The number of hydrogen-bond donors (Lipinski definition) is 1. The quantitative estimate of drug-likeness (QED) is 0.515. The minimum absolute atomic E-state index is 0.111. The Labute approximate surface area is 173 Å². The lowest BCUT2D eigenvalue weighted by Crippen LogP contribution is -2.20. The molecule has 0 fully saturated rings. The second kappa shape index (κ2) is 8.57. The number of hydrogen-bond acceptors (Lipinski definition) is 6. The molecule has 4 rings (SSSR count). The maximum atomic E-state index is 12.5. The highest BCUT2D eigenvalue weighted by Gasteiger charge is 2.16. The second-order valence-corrected chi connectivity index (χ2v) is 6.84. The maximum absolute atomic E-state index is 12.5. The van der Waals surface area contributed by atoms with Gasteiger partial charge in [-0.1, -0.05) is 29.4 Å². The first-order valence-electron chi connectivity index (χ1n) is 9.44. The van der Waals surface area contributed by atoms with Gasteiger partial charge in [0.15, 0.2) is 6.61 Å². The molecule has 0 unspecified atom stereocenters. The molecule has 0 spiro atoms. The number of nitrogens with one attached hydrogen (secondary N) is 1. The molecule has 2 aromatic carbocycles. The van der Waals surface area contributed by atoms with Crippen molar-refractivity contribution >= 4 is 11.6 Å². The summed E-state index contributed by atoms with van der Waals surface area (Å²) in [5, 5.41) is 6.84. The summed E-state index contributed by atoms with van der Waals surface area (Å²) in [4.78, 5) is 21.1. The Balaban J connectivity index is 1.48. The molecule has 150 valence electrons. The van der Waals surface area contributed by atoms with Gasteiger partial charge in [-0.05, 0) is 61.4 Å². The van der Waals surface area contributed by atoms with Crippen LogP contribution in [0.25, 0.3) is 23.0 Å². The summed E-state index contributed by atoms with van der Waals surface area (Å²) >= 11 is 0. The molecule has 7 nitrogen and oxygen atoms in total. The van der Waals surface area contributed by atoms with E-state index in [1.807, 2.05) is 56.3 Å². The number of nitrogens with zero attached hydrogens (tertiary/aromatic N) is 3. The van der Waals surface area contributed by atoms with Gasteiger partial charge in [0.1, 0.15) is 11.4 Å². The standard InChI is InChI=1S/C23H20N4O3/c1-15-11-16(2)13-17(12-15)29-14-21(28)25-19-8-4-3-7-18(19)23-26-22(27-30-23)20-9-5-6-10-24-20/h3-13H,14H2,1-2H3,(H,25,28). The Bertz CT molecular complexity index is 1150. The van der Waals surface area contributed by atoms with Crippen LogP contribution >= 0.6 is 0 Å². The largest absolute Gasteiger partial charge is 0.484 e. The van der Waals surface area contributed by atoms with Crippen LogP contribution in [0.4, 0.5) is 5.69 Å². The molecule has 1 amide bonds. The van der Waals surface area contributed by atoms with Gasteiger partial charge in [-0.15, -0.1) is 0 Å². The minimum atomic E-state index is -0.286. The molecule has 4 aromatic rings. The van der Waals surface area contributed by atoms with Crippen molar-refractivity contribution in [3.8, 4) is 28.7 Å². The first-order chi connectivity index (χ1) is 14.6. The number of carbonyl (C=O) groups is 1. The van der Waals surface area contributed by atoms with Crippen LogP contribution in [0.1, 0.15) is 11.1 Å². The Hall–Kier alpha value is -4.00. The number of amides is 1.